The number of benzene rings is 1. The summed E-state index contributed by atoms with van der Waals surface area (Å²) in [5.41, 5.74) is 8.49. The second-order valence-corrected chi connectivity index (χ2v) is 3.67. The zero-order valence-corrected chi connectivity index (χ0v) is 8.54. The van der Waals surface area contributed by atoms with E-state index in [2.05, 4.69) is 23.8 Å². The van der Waals surface area contributed by atoms with Gasteiger partial charge >= 0.3 is 0 Å². The number of fused-ring (bicyclic) bond motifs is 1. The molecule has 3 heteroatoms. The van der Waals surface area contributed by atoms with E-state index < -0.39 is 0 Å². The van der Waals surface area contributed by atoms with Crippen LogP contribution in [0.2, 0.25) is 0 Å². The molecule has 74 valence electrons. The third-order valence-corrected chi connectivity index (χ3v) is 2.64. The highest BCUT2D eigenvalue weighted by atomic mass is 14.9. The van der Waals surface area contributed by atoms with Crippen molar-refractivity contribution in [1.29, 1.82) is 0 Å². The van der Waals surface area contributed by atoms with E-state index in [-0.39, 0.29) is 0 Å². The van der Waals surface area contributed by atoms with Crippen molar-refractivity contribution in [3.63, 3.8) is 0 Å². The highest BCUT2D eigenvalue weighted by Gasteiger charge is 2.09. The van der Waals surface area contributed by atoms with Gasteiger partial charge in [0.2, 0.25) is 0 Å². The zero-order valence-electron chi connectivity index (χ0n) is 8.54. The summed E-state index contributed by atoms with van der Waals surface area (Å²) in [4.78, 5) is 7.80. The van der Waals surface area contributed by atoms with E-state index in [4.69, 9.17) is 5.73 Å². The molecular weight excluding hydrogens is 174 g/mol. The lowest BCUT2D eigenvalue weighted by Gasteiger charge is -2.01. The fourth-order valence-corrected chi connectivity index (χ4v) is 1.50. The Labute approximate surface area is 83.3 Å². The first-order chi connectivity index (χ1) is 6.72. The lowest BCUT2D eigenvalue weighted by Crippen LogP contribution is -1.93. The molecule has 3 N–H and O–H groups in total. The number of nitrogens with zero attached hydrogens (tertiary/aromatic N) is 1. The molecule has 0 bridgehead atoms. The third kappa shape index (κ3) is 1.35. The second-order valence-electron chi connectivity index (χ2n) is 3.67. The van der Waals surface area contributed by atoms with Crippen LogP contribution >= 0.6 is 0 Å². The van der Waals surface area contributed by atoms with Gasteiger partial charge in [-0.1, -0.05) is 19.9 Å². The van der Waals surface area contributed by atoms with Crippen LogP contribution in [-0.4, -0.2) is 9.97 Å². The van der Waals surface area contributed by atoms with Crippen LogP contribution in [0.4, 0.5) is 5.69 Å². The molecule has 0 spiro atoms. The summed E-state index contributed by atoms with van der Waals surface area (Å²) in [5, 5.41) is 0. The number of rotatable bonds is 2. The Kier molecular flexibility index (Phi) is 2.15. The summed E-state index contributed by atoms with van der Waals surface area (Å²) in [6.07, 6.45) is 1.08. The van der Waals surface area contributed by atoms with Gasteiger partial charge in [0.15, 0.2) is 0 Å². The van der Waals surface area contributed by atoms with Crippen LogP contribution in [0.5, 0.6) is 0 Å². The highest BCUT2D eigenvalue weighted by Crippen LogP contribution is 2.22. The van der Waals surface area contributed by atoms with E-state index in [0.717, 1.165) is 29.0 Å². The van der Waals surface area contributed by atoms with Crippen LogP contribution in [0, 0.1) is 0 Å². The molecule has 1 atom stereocenters. The first kappa shape index (κ1) is 9.06. The second kappa shape index (κ2) is 3.33. The molecule has 1 aromatic carbocycles. The van der Waals surface area contributed by atoms with Gasteiger partial charge in [-0.05, 0) is 18.6 Å². The number of aromatic amines is 1. The predicted molar refractivity (Wildman–Crippen MR) is 59.2 cm³/mol. The maximum atomic E-state index is 5.83. The van der Waals surface area contributed by atoms with Crippen molar-refractivity contribution in [3.8, 4) is 0 Å². The Morgan fingerprint density at radius 2 is 2.29 bits per heavy atom. The summed E-state index contributed by atoms with van der Waals surface area (Å²) < 4.78 is 0. The van der Waals surface area contributed by atoms with Gasteiger partial charge in [0, 0.05) is 5.92 Å². The normalized spacial score (nSPS) is 13.3. The van der Waals surface area contributed by atoms with E-state index in [9.17, 15) is 0 Å². The summed E-state index contributed by atoms with van der Waals surface area (Å²) in [6, 6.07) is 5.82. The van der Waals surface area contributed by atoms with Crippen molar-refractivity contribution in [1.82, 2.24) is 9.97 Å². The van der Waals surface area contributed by atoms with Gasteiger partial charge in [-0.25, -0.2) is 4.98 Å². The van der Waals surface area contributed by atoms with Crippen LogP contribution in [0.25, 0.3) is 11.0 Å². The van der Waals surface area contributed by atoms with Gasteiger partial charge < -0.3 is 10.7 Å². The van der Waals surface area contributed by atoms with Gasteiger partial charge in [0.05, 0.1) is 11.2 Å². The summed E-state index contributed by atoms with van der Waals surface area (Å²) in [6.45, 7) is 4.31. The minimum Gasteiger partial charge on any atom is -0.397 e. The van der Waals surface area contributed by atoms with Crippen molar-refractivity contribution in [2.45, 2.75) is 26.2 Å². The summed E-state index contributed by atoms with van der Waals surface area (Å²) in [7, 11) is 0. The Hall–Kier alpha value is -1.51. The first-order valence-electron chi connectivity index (χ1n) is 4.96. The predicted octanol–water partition coefficient (Wildman–Crippen LogP) is 2.66. The van der Waals surface area contributed by atoms with Crippen LogP contribution in [-0.2, 0) is 0 Å². The molecule has 1 unspecified atom stereocenters. The minimum absolute atomic E-state index is 0.460. The van der Waals surface area contributed by atoms with Crippen LogP contribution < -0.4 is 5.73 Å². The number of nitrogens with two attached hydrogens (primary N) is 1. The van der Waals surface area contributed by atoms with Gasteiger partial charge in [-0.2, -0.15) is 0 Å². The largest absolute Gasteiger partial charge is 0.397 e. The third-order valence-electron chi connectivity index (χ3n) is 2.64. The number of imidazole rings is 1. The van der Waals surface area contributed by atoms with Gasteiger partial charge in [0.25, 0.3) is 0 Å². The number of nitrogen functional groups attached to an aromatic ring is 1. The van der Waals surface area contributed by atoms with Gasteiger partial charge in [-0.3, -0.25) is 0 Å². The quantitative estimate of drug-likeness (QED) is 0.713. The number of hydrogen-bond donors (Lipinski definition) is 2. The maximum Gasteiger partial charge on any atom is 0.111 e. The number of anilines is 1. The van der Waals surface area contributed by atoms with Gasteiger partial charge in [0.1, 0.15) is 11.3 Å². The fraction of sp³-hybridized carbons (Fsp3) is 0.364. The zero-order chi connectivity index (χ0) is 10.1. The van der Waals surface area contributed by atoms with E-state index in [0.29, 0.717) is 5.92 Å². The average Bonchev–Trinajstić information content (AvgIpc) is 2.62. The lowest BCUT2D eigenvalue weighted by atomic mass is 10.1. The molecule has 0 fully saturated rings. The molecule has 0 aliphatic heterocycles. The minimum atomic E-state index is 0.460. The molecule has 0 amide bonds. The lowest BCUT2D eigenvalue weighted by molar-refractivity contribution is 0.692. The Balaban J connectivity index is 2.56. The van der Waals surface area contributed by atoms with Crippen LogP contribution in [0.15, 0.2) is 18.2 Å². The number of para-hydroxylation sites is 1. The number of hydrogen-bond acceptors (Lipinski definition) is 2. The first-order valence-corrected chi connectivity index (χ1v) is 4.96. The monoisotopic (exact) mass is 189 g/mol. The Bertz CT molecular complexity index is 445. The fourth-order valence-electron chi connectivity index (χ4n) is 1.50. The summed E-state index contributed by atoms with van der Waals surface area (Å²) in [5.74, 6) is 1.49. The number of aromatic nitrogens is 2. The van der Waals surface area contributed by atoms with E-state index in [1.807, 2.05) is 18.2 Å². The molecule has 0 saturated carbocycles. The topological polar surface area (TPSA) is 54.7 Å². The van der Waals surface area contributed by atoms with E-state index in [1.54, 1.807) is 0 Å². The van der Waals surface area contributed by atoms with Crippen molar-refractivity contribution in [3.05, 3.63) is 24.0 Å². The standard InChI is InChI=1S/C11H15N3/c1-3-7(2)11-13-9-6-4-5-8(12)10(9)14-11/h4-7H,3,12H2,1-2H3,(H,13,14). The number of H-pyrrole nitrogens is 1. The SMILES string of the molecule is CCC(C)c1nc2c(N)cccc2[nH]1. The average molecular weight is 189 g/mol. The molecule has 0 radical (unpaired) electrons. The molecule has 0 aliphatic rings. The van der Waals surface area contributed by atoms with Crippen molar-refractivity contribution in [2.75, 3.05) is 5.73 Å². The van der Waals surface area contributed by atoms with Crippen molar-refractivity contribution in [2.24, 2.45) is 0 Å². The van der Waals surface area contributed by atoms with E-state index >= 15 is 0 Å². The van der Waals surface area contributed by atoms with Crippen LogP contribution in [0.3, 0.4) is 0 Å². The molecule has 14 heavy (non-hydrogen) atoms. The smallest absolute Gasteiger partial charge is 0.111 e. The molecule has 2 aromatic rings. The highest BCUT2D eigenvalue weighted by molar-refractivity contribution is 5.86. The molecule has 3 nitrogen and oxygen atoms in total. The number of nitrogens with one attached hydrogen (secondary N) is 1. The molecule has 1 heterocycles. The Morgan fingerprint density at radius 1 is 1.50 bits per heavy atom. The Morgan fingerprint density at radius 3 is 2.93 bits per heavy atom. The van der Waals surface area contributed by atoms with E-state index in [1.165, 1.54) is 0 Å². The molecular formula is C11H15N3. The van der Waals surface area contributed by atoms with Crippen molar-refractivity contribution >= 4 is 16.7 Å². The van der Waals surface area contributed by atoms with Crippen LogP contribution in [0.1, 0.15) is 32.0 Å². The molecule has 0 saturated heterocycles. The molecule has 2 rings (SSSR count). The summed E-state index contributed by atoms with van der Waals surface area (Å²) >= 11 is 0. The maximum absolute atomic E-state index is 5.83. The molecule has 0 aliphatic carbocycles. The molecule has 1 aromatic heterocycles. The van der Waals surface area contributed by atoms with Crippen molar-refractivity contribution < 1.29 is 0 Å². The van der Waals surface area contributed by atoms with Gasteiger partial charge in [-0.15, -0.1) is 0 Å².